The smallest absolute Gasteiger partial charge is 0.200 e. The number of rotatable bonds is 3. The van der Waals surface area contributed by atoms with Crippen LogP contribution in [0.3, 0.4) is 0 Å². The Balaban J connectivity index is 2.61. The number of Topliss-reactive ketones (excluding diaryl/α,β-unsaturated/α-hetero) is 1. The van der Waals surface area contributed by atoms with Gasteiger partial charge in [-0.05, 0) is 18.9 Å². The first-order chi connectivity index (χ1) is 6.13. The summed E-state index contributed by atoms with van der Waals surface area (Å²) < 4.78 is 10.7. The summed E-state index contributed by atoms with van der Waals surface area (Å²) in [6, 6.07) is 0. The van der Waals surface area contributed by atoms with E-state index in [4.69, 9.17) is 9.47 Å². The minimum Gasteiger partial charge on any atom is -0.462 e. The van der Waals surface area contributed by atoms with Crippen molar-refractivity contribution in [1.29, 1.82) is 0 Å². The van der Waals surface area contributed by atoms with Crippen molar-refractivity contribution >= 4 is 5.78 Å². The Labute approximate surface area is 78.7 Å². The molecule has 0 unspecified atom stereocenters. The summed E-state index contributed by atoms with van der Waals surface area (Å²) in [5.74, 6) is 0.762. The Bertz CT molecular complexity index is 220. The lowest BCUT2D eigenvalue weighted by atomic mass is 10.0. The fourth-order valence-electron chi connectivity index (χ4n) is 1.35. The SMILES string of the molecule is CCO[C@H]1C[C@@H](C)C=C(C(C)=O)O1. The molecule has 2 atom stereocenters. The molecule has 0 saturated carbocycles. The van der Waals surface area contributed by atoms with Crippen molar-refractivity contribution in [2.45, 2.75) is 33.5 Å². The van der Waals surface area contributed by atoms with E-state index < -0.39 is 0 Å². The third-order valence-corrected chi connectivity index (χ3v) is 1.96. The molecular weight excluding hydrogens is 168 g/mol. The molecule has 1 aliphatic heterocycles. The van der Waals surface area contributed by atoms with E-state index in [1.165, 1.54) is 6.92 Å². The van der Waals surface area contributed by atoms with Crippen molar-refractivity contribution in [2.75, 3.05) is 6.61 Å². The van der Waals surface area contributed by atoms with Crippen LogP contribution in [0.4, 0.5) is 0 Å². The van der Waals surface area contributed by atoms with Crippen LogP contribution in [0.25, 0.3) is 0 Å². The molecule has 0 radical (unpaired) electrons. The summed E-state index contributed by atoms with van der Waals surface area (Å²) in [7, 11) is 0. The summed E-state index contributed by atoms with van der Waals surface area (Å²) >= 11 is 0. The number of hydrogen-bond donors (Lipinski definition) is 0. The first kappa shape index (κ1) is 10.3. The van der Waals surface area contributed by atoms with Crippen LogP contribution in [0.2, 0.25) is 0 Å². The minimum absolute atomic E-state index is 0.0312. The molecule has 3 heteroatoms. The van der Waals surface area contributed by atoms with Crippen LogP contribution in [0, 0.1) is 5.92 Å². The molecule has 0 saturated heterocycles. The van der Waals surface area contributed by atoms with E-state index in [9.17, 15) is 4.79 Å². The summed E-state index contributed by atoms with van der Waals surface area (Å²) in [5.41, 5.74) is 0. The maximum Gasteiger partial charge on any atom is 0.200 e. The summed E-state index contributed by atoms with van der Waals surface area (Å²) in [5, 5.41) is 0. The van der Waals surface area contributed by atoms with Gasteiger partial charge in [0.15, 0.2) is 11.5 Å². The predicted octanol–water partition coefficient (Wildman–Crippen LogP) is 1.88. The Morgan fingerprint density at radius 2 is 2.46 bits per heavy atom. The van der Waals surface area contributed by atoms with Crippen molar-refractivity contribution in [3.8, 4) is 0 Å². The van der Waals surface area contributed by atoms with Crippen molar-refractivity contribution < 1.29 is 14.3 Å². The molecule has 0 aliphatic carbocycles. The third-order valence-electron chi connectivity index (χ3n) is 1.96. The largest absolute Gasteiger partial charge is 0.462 e. The van der Waals surface area contributed by atoms with Crippen LogP contribution < -0.4 is 0 Å². The average molecular weight is 184 g/mol. The number of ether oxygens (including phenoxy) is 2. The van der Waals surface area contributed by atoms with E-state index in [0.29, 0.717) is 18.3 Å². The standard InChI is InChI=1S/C10H16O3/c1-4-12-10-6-7(2)5-9(13-10)8(3)11/h5,7,10H,4,6H2,1-3H3/t7-,10+/m0/s1. The topological polar surface area (TPSA) is 35.5 Å². The predicted molar refractivity (Wildman–Crippen MR) is 49.0 cm³/mol. The fraction of sp³-hybridized carbons (Fsp3) is 0.700. The number of ketones is 1. The van der Waals surface area contributed by atoms with Crippen molar-refractivity contribution in [2.24, 2.45) is 5.92 Å². The molecule has 1 rings (SSSR count). The summed E-state index contributed by atoms with van der Waals surface area (Å²) in [6.45, 7) is 6.09. The lowest BCUT2D eigenvalue weighted by Crippen LogP contribution is -2.25. The van der Waals surface area contributed by atoms with E-state index in [1.807, 2.05) is 13.0 Å². The van der Waals surface area contributed by atoms with Crippen LogP contribution in [-0.4, -0.2) is 18.7 Å². The average Bonchev–Trinajstić information content (AvgIpc) is 2.03. The lowest BCUT2D eigenvalue weighted by Gasteiger charge is -2.26. The molecule has 1 heterocycles. The van der Waals surface area contributed by atoms with Crippen LogP contribution in [0.5, 0.6) is 0 Å². The highest BCUT2D eigenvalue weighted by molar-refractivity contribution is 5.91. The molecule has 3 nitrogen and oxygen atoms in total. The Morgan fingerprint density at radius 1 is 1.77 bits per heavy atom. The van der Waals surface area contributed by atoms with Crippen LogP contribution >= 0.6 is 0 Å². The van der Waals surface area contributed by atoms with Gasteiger partial charge in [-0.25, -0.2) is 0 Å². The van der Waals surface area contributed by atoms with Crippen LogP contribution in [0.1, 0.15) is 27.2 Å². The molecule has 0 aromatic rings. The van der Waals surface area contributed by atoms with Crippen molar-refractivity contribution in [3.05, 3.63) is 11.8 Å². The maximum atomic E-state index is 11.0. The van der Waals surface area contributed by atoms with Gasteiger partial charge in [0.25, 0.3) is 0 Å². The number of allylic oxidation sites excluding steroid dienone is 2. The molecule has 0 aromatic heterocycles. The fourth-order valence-corrected chi connectivity index (χ4v) is 1.35. The monoisotopic (exact) mass is 184 g/mol. The molecule has 0 bridgehead atoms. The highest BCUT2D eigenvalue weighted by atomic mass is 16.7. The second-order valence-electron chi connectivity index (χ2n) is 3.30. The first-order valence-electron chi connectivity index (χ1n) is 4.64. The minimum atomic E-state index is -0.246. The van der Waals surface area contributed by atoms with Gasteiger partial charge >= 0.3 is 0 Å². The Kier molecular flexibility index (Phi) is 3.48. The zero-order valence-electron chi connectivity index (χ0n) is 8.37. The van der Waals surface area contributed by atoms with Crippen molar-refractivity contribution in [3.63, 3.8) is 0 Å². The normalized spacial score (nSPS) is 27.8. The Hall–Kier alpha value is -0.830. The molecule has 13 heavy (non-hydrogen) atoms. The molecule has 0 aromatic carbocycles. The van der Waals surface area contributed by atoms with Gasteiger partial charge in [-0.15, -0.1) is 0 Å². The number of carbonyl (C=O) groups is 1. The zero-order chi connectivity index (χ0) is 9.84. The molecular formula is C10H16O3. The van der Waals surface area contributed by atoms with Gasteiger partial charge in [-0.2, -0.15) is 0 Å². The molecule has 74 valence electrons. The molecule has 0 N–H and O–H groups in total. The van der Waals surface area contributed by atoms with Gasteiger partial charge in [-0.3, -0.25) is 4.79 Å². The summed E-state index contributed by atoms with van der Waals surface area (Å²) in [4.78, 5) is 11.0. The molecule has 0 amide bonds. The molecule has 1 aliphatic rings. The van der Waals surface area contributed by atoms with E-state index in [0.717, 1.165) is 6.42 Å². The lowest BCUT2D eigenvalue weighted by molar-refractivity contribution is -0.143. The second-order valence-corrected chi connectivity index (χ2v) is 3.30. The second kappa shape index (κ2) is 4.42. The highest BCUT2D eigenvalue weighted by Gasteiger charge is 2.22. The first-order valence-corrected chi connectivity index (χ1v) is 4.64. The molecule has 0 fully saturated rings. The van der Waals surface area contributed by atoms with Crippen LogP contribution in [0.15, 0.2) is 11.8 Å². The third kappa shape index (κ3) is 2.84. The zero-order valence-corrected chi connectivity index (χ0v) is 8.37. The van der Waals surface area contributed by atoms with Gasteiger partial charge in [-0.1, -0.05) is 6.92 Å². The van der Waals surface area contributed by atoms with E-state index in [2.05, 4.69) is 6.92 Å². The number of carbonyl (C=O) groups excluding carboxylic acids is 1. The Morgan fingerprint density at radius 3 is 3.00 bits per heavy atom. The highest BCUT2D eigenvalue weighted by Crippen LogP contribution is 2.22. The van der Waals surface area contributed by atoms with Crippen molar-refractivity contribution in [1.82, 2.24) is 0 Å². The van der Waals surface area contributed by atoms with Gasteiger partial charge < -0.3 is 9.47 Å². The van der Waals surface area contributed by atoms with Crippen LogP contribution in [-0.2, 0) is 14.3 Å². The maximum absolute atomic E-state index is 11.0. The number of hydrogen-bond acceptors (Lipinski definition) is 3. The van der Waals surface area contributed by atoms with E-state index in [-0.39, 0.29) is 12.1 Å². The van der Waals surface area contributed by atoms with Gasteiger partial charge in [0, 0.05) is 20.0 Å². The van der Waals surface area contributed by atoms with E-state index in [1.54, 1.807) is 0 Å². The molecule has 0 spiro atoms. The quantitative estimate of drug-likeness (QED) is 0.671. The van der Waals surface area contributed by atoms with Gasteiger partial charge in [0.2, 0.25) is 6.29 Å². The van der Waals surface area contributed by atoms with Gasteiger partial charge in [0.05, 0.1) is 0 Å². The van der Waals surface area contributed by atoms with E-state index >= 15 is 0 Å². The summed E-state index contributed by atoms with van der Waals surface area (Å²) in [6.07, 6.45) is 2.44. The van der Waals surface area contributed by atoms with Gasteiger partial charge in [0.1, 0.15) is 0 Å².